The lowest BCUT2D eigenvalue weighted by molar-refractivity contribution is 0.0977. The molecule has 5 heteroatoms. The number of aryl methyl sites for hydroxylation is 2. The van der Waals surface area contributed by atoms with Gasteiger partial charge >= 0.3 is 0 Å². The normalized spacial score (nSPS) is 10.3. The number of hydrogen-bond donors (Lipinski definition) is 2. The second-order valence-corrected chi connectivity index (χ2v) is 7.22. The maximum absolute atomic E-state index is 12.4. The summed E-state index contributed by atoms with van der Waals surface area (Å²) in [6, 6.07) is 23.2. The predicted molar refractivity (Wildman–Crippen MR) is 122 cm³/mol. The second kappa shape index (κ2) is 9.85. The van der Waals surface area contributed by atoms with Gasteiger partial charge in [-0.05, 0) is 79.2 Å². The van der Waals surface area contributed by atoms with Crippen LogP contribution in [0.3, 0.4) is 0 Å². The Morgan fingerprint density at radius 1 is 0.931 bits per heavy atom. The van der Waals surface area contributed by atoms with Crippen molar-refractivity contribution in [2.24, 2.45) is 0 Å². The van der Waals surface area contributed by atoms with E-state index >= 15 is 0 Å². The number of nitrogens with one attached hydrogen (secondary N) is 2. The third-order valence-corrected chi connectivity index (χ3v) is 4.81. The first-order valence-corrected chi connectivity index (χ1v) is 9.88. The van der Waals surface area contributed by atoms with Crippen LogP contribution in [0.1, 0.15) is 27.0 Å². The molecule has 0 spiro atoms. The molecule has 0 unspecified atom stereocenters. The Morgan fingerprint density at radius 2 is 1.66 bits per heavy atom. The zero-order valence-corrected chi connectivity index (χ0v) is 17.4. The van der Waals surface area contributed by atoms with Gasteiger partial charge in [0.2, 0.25) is 0 Å². The van der Waals surface area contributed by atoms with E-state index in [2.05, 4.69) is 22.8 Å². The molecule has 3 aromatic carbocycles. The lowest BCUT2D eigenvalue weighted by Crippen LogP contribution is -2.34. The van der Waals surface area contributed by atoms with E-state index in [4.69, 9.17) is 17.0 Å². The second-order valence-electron chi connectivity index (χ2n) is 6.82. The number of amides is 1. The van der Waals surface area contributed by atoms with E-state index in [-0.39, 0.29) is 11.0 Å². The zero-order chi connectivity index (χ0) is 20.6. The highest BCUT2D eigenvalue weighted by Gasteiger charge is 2.09. The molecule has 0 atom stereocenters. The molecule has 148 valence electrons. The Morgan fingerprint density at radius 3 is 2.34 bits per heavy atom. The molecule has 3 aromatic rings. The summed E-state index contributed by atoms with van der Waals surface area (Å²) >= 11 is 5.25. The average Bonchev–Trinajstić information content (AvgIpc) is 2.72. The average molecular weight is 405 g/mol. The Balaban J connectivity index is 1.49. The van der Waals surface area contributed by atoms with Gasteiger partial charge < -0.3 is 10.1 Å². The first-order chi connectivity index (χ1) is 14.0. The molecule has 0 saturated heterocycles. The molecule has 1 amide bonds. The van der Waals surface area contributed by atoms with Gasteiger partial charge in [0.1, 0.15) is 5.75 Å². The number of ether oxygens (including phenoxy) is 1. The highest BCUT2D eigenvalue weighted by Crippen LogP contribution is 2.15. The zero-order valence-electron chi connectivity index (χ0n) is 16.6. The molecule has 4 nitrogen and oxygen atoms in total. The van der Waals surface area contributed by atoms with Crippen LogP contribution in [-0.4, -0.2) is 17.6 Å². The third kappa shape index (κ3) is 6.16. The minimum atomic E-state index is -0.262. The van der Waals surface area contributed by atoms with Crippen molar-refractivity contribution in [3.8, 4) is 5.75 Å². The summed E-state index contributed by atoms with van der Waals surface area (Å²) in [6.07, 6.45) is 0.835. The number of rotatable bonds is 6. The molecule has 2 N–H and O–H groups in total. The number of thiocarbonyl (C=S) groups is 1. The van der Waals surface area contributed by atoms with Crippen LogP contribution in [0.25, 0.3) is 0 Å². The maximum Gasteiger partial charge on any atom is 0.257 e. The van der Waals surface area contributed by atoms with Gasteiger partial charge in [-0.1, -0.05) is 36.4 Å². The van der Waals surface area contributed by atoms with Crippen LogP contribution in [0, 0.1) is 13.8 Å². The van der Waals surface area contributed by atoms with Crippen molar-refractivity contribution in [3.63, 3.8) is 0 Å². The number of carbonyl (C=O) groups excluding carboxylic acids is 1. The standard InChI is InChI=1S/C24H24N2O2S/c1-17-8-11-21(16-18(17)2)25-24(29)26-23(27)20-9-12-22(13-10-20)28-15-14-19-6-4-3-5-7-19/h3-13,16H,14-15H2,1-2H3,(H2,25,26,27,29). The van der Waals surface area contributed by atoms with Gasteiger partial charge in [0.05, 0.1) is 6.61 Å². The van der Waals surface area contributed by atoms with E-state index in [1.54, 1.807) is 24.3 Å². The Labute approximate surface area is 176 Å². The fourth-order valence-electron chi connectivity index (χ4n) is 2.79. The van der Waals surface area contributed by atoms with Crippen molar-refractivity contribution in [1.29, 1.82) is 0 Å². The Kier molecular flexibility index (Phi) is 6.98. The first-order valence-electron chi connectivity index (χ1n) is 9.47. The Hall–Kier alpha value is -3.18. The van der Waals surface area contributed by atoms with Crippen molar-refractivity contribution in [2.45, 2.75) is 20.3 Å². The fourth-order valence-corrected chi connectivity index (χ4v) is 3.00. The molecule has 0 aliphatic rings. The quantitative estimate of drug-likeness (QED) is 0.565. The van der Waals surface area contributed by atoms with Gasteiger partial charge in [0, 0.05) is 17.7 Å². The molecule has 3 rings (SSSR count). The topological polar surface area (TPSA) is 50.4 Å². The summed E-state index contributed by atoms with van der Waals surface area (Å²) in [5, 5.41) is 6.01. The molecule has 0 fully saturated rings. The summed E-state index contributed by atoms with van der Waals surface area (Å²) in [5.74, 6) is 0.468. The van der Waals surface area contributed by atoms with Crippen LogP contribution >= 0.6 is 12.2 Å². The molecule has 0 radical (unpaired) electrons. The van der Waals surface area contributed by atoms with Gasteiger partial charge in [0.25, 0.3) is 5.91 Å². The minimum absolute atomic E-state index is 0.262. The fraction of sp³-hybridized carbons (Fsp3) is 0.167. The van der Waals surface area contributed by atoms with Gasteiger partial charge in [-0.25, -0.2) is 0 Å². The number of carbonyl (C=O) groups is 1. The number of anilines is 1. The number of hydrogen-bond acceptors (Lipinski definition) is 3. The van der Waals surface area contributed by atoms with Crippen molar-refractivity contribution < 1.29 is 9.53 Å². The lowest BCUT2D eigenvalue weighted by atomic mass is 10.1. The van der Waals surface area contributed by atoms with Crippen molar-refractivity contribution in [1.82, 2.24) is 5.32 Å². The van der Waals surface area contributed by atoms with Gasteiger partial charge in [0.15, 0.2) is 5.11 Å². The summed E-state index contributed by atoms with van der Waals surface area (Å²) in [7, 11) is 0. The third-order valence-electron chi connectivity index (χ3n) is 4.61. The summed E-state index contributed by atoms with van der Waals surface area (Å²) in [5.41, 5.74) is 4.96. The minimum Gasteiger partial charge on any atom is -0.493 e. The molecule has 0 bridgehead atoms. The molecule has 0 saturated carbocycles. The molecule has 0 aliphatic heterocycles. The van der Waals surface area contributed by atoms with E-state index in [0.29, 0.717) is 12.2 Å². The Bertz CT molecular complexity index is 986. The van der Waals surface area contributed by atoms with Gasteiger partial charge in [-0.3, -0.25) is 10.1 Å². The molecular weight excluding hydrogens is 380 g/mol. The van der Waals surface area contributed by atoms with E-state index in [1.807, 2.05) is 50.2 Å². The van der Waals surface area contributed by atoms with E-state index in [9.17, 15) is 4.79 Å². The van der Waals surface area contributed by atoms with Crippen LogP contribution < -0.4 is 15.4 Å². The van der Waals surface area contributed by atoms with E-state index < -0.39 is 0 Å². The van der Waals surface area contributed by atoms with Gasteiger partial charge in [-0.2, -0.15) is 0 Å². The van der Waals surface area contributed by atoms with Crippen molar-refractivity contribution in [2.75, 3.05) is 11.9 Å². The van der Waals surface area contributed by atoms with Crippen LogP contribution in [0.4, 0.5) is 5.69 Å². The monoisotopic (exact) mass is 404 g/mol. The molecule has 0 aliphatic carbocycles. The van der Waals surface area contributed by atoms with Crippen LogP contribution in [0.15, 0.2) is 72.8 Å². The highest BCUT2D eigenvalue weighted by molar-refractivity contribution is 7.80. The van der Waals surface area contributed by atoms with Crippen LogP contribution in [0.5, 0.6) is 5.75 Å². The van der Waals surface area contributed by atoms with E-state index in [1.165, 1.54) is 11.1 Å². The lowest BCUT2D eigenvalue weighted by Gasteiger charge is -2.11. The number of benzene rings is 3. The molecule has 29 heavy (non-hydrogen) atoms. The van der Waals surface area contributed by atoms with Crippen molar-refractivity contribution in [3.05, 3.63) is 95.1 Å². The predicted octanol–water partition coefficient (Wildman–Crippen LogP) is 5.05. The SMILES string of the molecule is Cc1ccc(NC(=S)NC(=O)c2ccc(OCCc3ccccc3)cc2)cc1C. The highest BCUT2D eigenvalue weighted by atomic mass is 32.1. The largest absolute Gasteiger partial charge is 0.493 e. The smallest absolute Gasteiger partial charge is 0.257 e. The van der Waals surface area contributed by atoms with Gasteiger partial charge in [-0.15, -0.1) is 0 Å². The van der Waals surface area contributed by atoms with E-state index in [0.717, 1.165) is 23.4 Å². The molecular formula is C24H24N2O2S. The van der Waals surface area contributed by atoms with Crippen molar-refractivity contribution >= 4 is 28.9 Å². The maximum atomic E-state index is 12.4. The molecule has 0 heterocycles. The summed E-state index contributed by atoms with van der Waals surface area (Å²) in [6.45, 7) is 4.67. The van der Waals surface area contributed by atoms with Crippen LogP contribution in [-0.2, 0) is 6.42 Å². The first kappa shape index (κ1) is 20.6. The molecule has 0 aromatic heterocycles. The summed E-state index contributed by atoms with van der Waals surface area (Å²) in [4.78, 5) is 12.4. The van der Waals surface area contributed by atoms with Crippen LogP contribution in [0.2, 0.25) is 0 Å². The summed E-state index contributed by atoms with van der Waals surface area (Å²) < 4.78 is 5.76.